The fraction of sp³-hybridized carbons (Fsp3) is 0.174. The lowest BCUT2D eigenvalue weighted by molar-refractivity contribution is 0.102. The molecule has 0 radical (unpaired) electrons. The summed E-state index contributed by atoms with van der Waals surface area (Å²) in [5.41, 5.74) is 5.43. The van der Waals surface area contributed by atoms with Crippen molar-refractivity contribution in [1.82, 2.24) is 10.3 Å². The minimum atomic E-state index is -0.230. The van der Waals surface area contributed by atoms with Crippen LogP contribution < -0.4 is 20.1 Å². The number of thiazole rings is 1. The number of benzene rings is 2. The molecule has 1 unspecified atom stereocenters. The maximum absolute atomic E-state index is 12.2. The van der Waals surface area contributed by atoms with Crippen LogP contribution in [0.3, 0.4) is 0 Å². The summed E-state index contributed by atoms with van der Waals surface area (Å²) in [6.07, 6.45) is 2.04. The third-order valence-electron chi connectivity index (χ3n) is 4.77. The molecule has 1 atom stereocenters. The third kappa shape index (κ3) is 4.59. The fourth-order valence-corrected chi connectivity index (χ4v) is 3.78. The van der Waals surface area contributed by atoms with Crippen LogP contribution >= 0.6 is 11.3 Å². The number of methoxy groups -OCH3 is 2. The molecule has 0 spiro atoms. The van der Waals surface area contributed by atoms with Gasteiger partial charge in [0.05, 0.1) is 25.8 Å². The van der Waals surface area contributed by atoms with Crippen molar-refractivity contribution in [2.24, 2.45) is 4.99 Å². The number of amides is 1. The van der Waals surface area contributed by atoms with Gasteiger partial charge < -0.3 is 20.1 Å². The van der Waals surface area contributed by atoms with E-state index in [2.05, 4.69) is 15.6 Å². The van der Waals surface area contributed by atoms with E-state index >= 15 is 0 Å². The molecule has 1 amide bonds. The van der Waals surface area contributed by atoms with Gasteiger partial charge in [-0.15, -0.1) is 11.3 Å². The lowest BCUT2D eigenvalue weighted by Crippen LogP contribution is -2.29. The van der Waals surface area contributed by atoms with Gasteiger partial charge >= 0.3 is 0 Å². The molecule has 7 nitrogen and oxygen atoms in total. The number of aromatic nitrogens is 1. The standard InChI is InChI=1S/C23H22N4O3S/c1-14-10-19(18-11-17(29-2)8-9-21(18)30-3)27-22(25-14)15-4-6-16(7-5-15)26-23(28)20-12-31-13-24-20/h4-14H,1-3H3,(H,25,27)(H,26,28). The number of carbonyl (C=O) groups is 1. The Kier molecular flexibility index (Phi) is 5.99. The number of aliphatic imine (C=N–C) groups is 1. The molecular weight excluding hydrogens is 412 g/mol. The summed E-state index contributed by atoms with van der Waals surface area (Å²) in [6.45, 7) is 2.02. The van der Waals surface area contributed by atoms with Gasteiger partial charge in [0.2, 0.25) is 0 Å². The molecule has 158 valence electrons. The van der Waals surface area contributed by atoms with Gasteiger partial charge in [0.25, 0.3) is 5.91 Å². The molecule has 1 aromatic heterocycles. The second-order valence-electron chi connectivity index (χ2n) is 6.90. The Bertz CT molecular complexity index is 1140. The molecule has 8 heteroatoms. The largest absolute Gasteiger partial charge is 0.497 e. The summed E-state index contributed by atoms with van der Waals surface area (Å²) in [7, 11) is 3.28. The molecule has 2 heterocycles. The number of amidine groups is 1. The first-order valence-electron chi connectivity index (χ1n) is 9.66. The van der Waals surface area contributed by atoms with E-state index < -0.39 is 0 Å². The molecule has 2 aromatic carbocycles. The van der Waals surface area contributed by atoms with E-state index in [9.17, 15) is 4.79 Å². The van der Waals surface area contributed by atoms with Crippen LogP contribution in [-0.2, 0) is 0 Å². The van der Waals surface area contributed by atoms with Crippen LogP contribution in [-0.4, -0.2) is 37.0 Å². The van der Waals surface area contributed by atoms with Crippen molar-refractivity contribution in [3.8, 4) is 11.5 Å². The Morgan fingerprint density at radius 3 is 2.61 bits per heavy atom. The van der Waals surface area contributed by atoms with Crippen LogP contribution in [0.5, 0.6) is 11.5 Å². The molecule has 4 rings (SSSR count). The van der Waals surface area contributed by atoms with Crippen molar-refractivity contribution in [3.05, 3.63) is 76.3 Å². The summed E-state index contributed by atoms with van der Waals surface area (Å²) in [5, 5.41) is 7.97. The van der Waals surface area contributed by atoms with Gasteiger partial charge in [0.15, 0.2) is 0 Å². The molecule has 0 aliphatic carbocycles. The quantitative estimate of drug-likeness (QED) is 0.608. The summed E-state index contributed by atoms with van der Waals surface area (Å²) in [4.78, 5) is 20.9. The molecule has 3 aromatic rings. The maximum Gasteiger partial charge on any atom is 0.275 e. The van der Waals surface area contributed by atoms with Crippen molar-refractivity contribution in [1.29, 1.82) is 0 Å². The van der Waals surface area contributed by atoms with E-state index in [-0.39, 0.29) is 11.9 Å². The Morgan fingerprint density at radius 2 is 1.94 bits per heavy atom. The van der Waals surface area contributed by atoms with Gasteiger partial charge in [-0.1, -0.05) is 0 Å². The van der Waals surface area contributed by atoms with Crippen molar-refractivity contribution in [3.63, 3.8) is 0 Å². The van der Waals surface area contributed by atoms with Crippen LogP contribution in [0.4, 0.5) is 5.69 Å². The number of hydrogen-bond donors (Lipinski definition) is 2. The van der Waals surface area contributed by atoms with E-state index in [4.69, 9.17) is 14.5 Å². The maximum atomic E-state index is 12.2. The van der Waals surface area contributed by atoms with Gasteiger partial charge in [-0.2, -0.15) is 0 Å². The number of nitrogens with one attached hydrogen (secondary N) is 2. The number of nitrogens with zero attached hydrogens (tertiary/aromatic N) is 2. The van der Waals surface area contributed by atoms with Crippen LogP contribution in [0.2, 0.25) is 0 Å². The predicted octanol–water partition coefficient (Wildman–Crippen LogP) is 4.19. The zero-order chi connectivity index (χ0) is 21.8. The number of ether oxygens (including phenoxy) is 2. The monoisotopic (exact) mass is 434 g/mol. The lowest BCUT2D eigenvalue weighted by Gasteiger charge is -2.22. The third-order valence-corrected chi connectivity index (χ3v) is 5.36. The fourth-order valence-electron chi connectivity index (χ4n) is 3.24. The zero-order valence-electron chi connectivity index (χ0n) is 17.4. The normalized spacial score (nSPS) is 15.4. The van der Waals surface area contributed by atoms with Gasteiger partial charge in [0.1, 0.15) is 23.0 Å². The molecule has 0 saturated heterocycles. The molecule has 2 N–H and O–H groups in total. The van der Waals surface area contributed by atoms with E-state index in [0.717, 1.165) is 34.2 Å². The first-order valence-corrected chi connectivity index (χ1v) is 10.6. The molecule has 1 aliphatic rings. The molecule has 1 aliphatic heterocycles. The highest BCUT2D eigenvalue weighted by atomic mass is 32.1. The molecule has 0 saturated carbocycles. The first kappa shape index (κ1) is 20.6. The average Bonchev–Trinajstić information content (AvgIpc) is 3.34. The Hall–Kier alpha value is -3.65. The Labute approximate surface area is 184 Å². The highest BCUT2D eigenvalue weighted by Gasteiger charge is 2.19. The van der Waals surface area contributed by atoms with Gasteiger partial charge in [0, 0.05) is 27.9 Å². The van der Waals surface area contributed by atoms with Gasteiger partial charge in [-0.3, -0.25) is 9.79 Å². The van der Waals surface area contributed by atoms with Crippen molar-refractivity contribution < 1.29 is 14.3 Å². The number of hydrogen-bond acceptors (Lipinski definition) is 7. The zero-order valence-corrected chi connectivity index (χ0v) is 18.2. The predicted molar refractivity (Wildman–Crippen MR) is 123 cm³/mol. The highest BCUT2D eigenvalue weighted by Crippen LogP contribution is 2.31. The van der Waals surface area contributed by atoms with E-state index in [1.807, 2.05) is 55.5 Å². The number of rotatable bonds is 6. The second-order valence-corrected chi connectivity index (χ2v) is 7.61. The van der Waals surface area contributed by atoms with Crippen LogP contribution in [0.1, 0.15) is 28.5 Å². The van der Waals surface area contributed by atoms with Crippen LogP contribution in [0.15, 0.2) is 64.4 Å². The van der Waals surface area contributed by atoms with Crippen LogP contribution in [0.25, 0.3) is 5.70 Å². The van der Waals surface area contributed by atoms with Crippen LogP contribution in [0, 0.1) is 0 Å². The Balaban J connectivity index is 1.54. The second kappa shape index (κ2) is 9.01. The molecule has 0 bridgehead atoms. The summed E-state index contributed by atoms with van der Waals surface area (Å²) in [6, 6.07) is 13.2. The molecule has 31 heavy (non-hydrogen) atoms. The topological polar surface area (TPSA) is 84.8 Å². The van der Waals surface area contributed by atoms with E-state index in [1.54, 1.807) is 25.1 Å². The smallest absolute Gasteiger partial charge is 0.275 e. The van der Waals surface area contributed by atoms with Gasteiger partial charge in [-0.25, -0.2) is 4.98 Å². The lowest BCUT2D eigenvalue weighted by atomic mass is 10.0. The summed E-state index contributed by atoms with van der Waals surface area (Å²) < 4.78 is 10.9. The first-order chi connectivity index (χ1) is 15.1. The minimum absolute atomic E-state index is 0.0220. The summed E-state index contributed by atoms with van der Waals surface area (Å²) in [5.74, 6) is 2.00. The van der Waals surface area contributed by atoms with E-state index in [0.29, 0.717) is 11.4 Å². The van der Waals surface area contributed by atoms with Gasteiger partial charge in [-0.05, 0) is 55.5 Å². The van der Waals surface area contributed by atoms with Crippen molar-refractivity contribution in [2.45, 2.75) is 13.0 Å². The summed E-state index contributed by atoms with van der Waals surface area (Å²) >= 11 is 1.39. The Morgan fingerprint density at radius 1 is 1.13 bits per heavy atom. The molecular formula is C23H22N4O3S. The number of anilines is 1. The number of carbonyl (C=O) groups excluding carboxylic acids is 1. The average molecular weight is 435 g/mol. The SMILES string of the molecule is COc1ccc(OC)c(C2=CC(C)N=C(c3ccc(NC(=O)c4cscn4)cc3)N2)c1. The van der Waals surface area contributed by atoms with Crippen molar-refractivity contribution >= 4 is 34.5 Å². The molecule has 0 fully saturated rings. The van der Waals surface area contributed by atoms with Crippen molar-refractivity contribution in [2.75, 3.05) is 19.5 Å². The highest BCUT2D eigenvalue weighted by molar-refractivity contribution is 7.07. The minimum Gasteiger partial charge on any atom is -0.497 e. The van der Waals surface area contributed by atoms with E-state index in [1.165, 1.54) is 11.3 Å².